The van der Waals surface area contributed by atoms with Crippen LogP contribution >= 0.6 is 0 Å². The maximum atomic E-state index is 5.89. The highest BCUT2D eigenvalue weighted by molar-refractivity contribution is 4.99. The zero-order valence-corrected chi connectivity index (χ0v) is 7.16. The van der Waals surface area contributed by atoms with Crippen molar-refractivity contribution in [3.63, 3.8) is 0 Å². The van der Waals surface area contributed by atoms with E-state index in [9.17, 15) is 0 Å². The minimum Gasteiger partial charge on any atom is -0.348 e. The summed E-state index contributed by atoms with van der Waals surface area (Å²) in [5.74, 6) is 1.69. The van der Waals surface area contributed by atoms with Gasteiger partial charge in [-0.25, -0.2) is 4.98 Å². The molecule has 1 aliphatic rings. The summed E-state index contributed by atoms with van der Waals surface area (Å²) in [7, 11) is 0. The molecule has 3 nitrogen and oxygen atoms in total. The Balaban J connectivity index is 2.04. The molecule has 0 bridgehead atoms. The molecule has 0 saturated heterocycles. The molecule has 0 amide bonds. The third kappa shape index (κ3) is 1.50. The van der Waals surface area contributed by atoms with Gasteiger partial charge in [0.1, 0.15) is 5.82 Å². The van der Waals surface area contributed by atoms with E-state index in [0.29, 0.717) is 12.0 Å². The molecular formula is C9H15N3. The van der Waals surface area contributed by atoms with Crippen LogP contribution < -0.4 is 5.73 Å². The van der Waals surface area contributed by atoms with Crippen LogP contribution in [0.4, 0.5) is 0 Å². The molecule has 1 heterocycles. The van der Waals surface area contributed by atoms with Gasteiger partial charge in [-0.15, -0.1) is 0 Å². The third-order valence-corrected chi connectivity index (χ3v) is 2.62. The van der Waals surface area contributed by atoms with E-state index >= 15 is 0 Å². The van der Waals surface area contributed by atoms with Crippen molar-refractivity contribution in [3.05, 3.63) is 18.2 Å². The quantitative estimate of drug-likeness (QED) is 0.660. The van der Waals surface area contributed by atoms with Gasteiger partial charge in [0, 0.05) is 24.4 Å². The number of H-pyrrole nitrogens is 1. The lowest BCUT2D eigenvalue weighted by Gasteiger charge is -2.24. The smallest absolute Gasteiger partial charge is 0.109 e. The molecule has 1 aliphatic carbocycles. The first kappa shape index (κ1) is 7.80. The molecule has 1 fully saturated rings. The van der Waals surface area contributed by atoms with Gasteiger partial charge in [0.15, 0.2) is 0 Å². The van der Waals surface area contributed by atoms with E-state index in [2.05, 4.69) is 9.97 Å². The van der Waals surface area contributed by atoms with Crippen molar-refractivity contribution in [2.75, 3.05) is 0 Å². The highest BCUT2D eigenvalue weighted by atomic mass is 14.9. The van der Waals surface area contributed by atoms with Crippen LogP contribution in [0, 0.1) is 0 Å². The van der Waals surface area contributed by atoms with Gasteiger partial charge in [-0.2, -0.15) is 0 Å². The normalized spacial score (nSPS) is 30.4. The molecule has 0 radical (unpaired) electrons. The third-order valence-electron chi connectivity index (χ3n) is 2.62. The highest BCUT2D eigenvalue weighted by Crippen LogP contribution is 2.29. The first-order valence-corrected chi connectivity index (χ1v) is 4.61. The summed E-state index contributed by atoms with van der Waals surface area (Å²) in [5, 5.41) is 0. The number of aromatic amines is 1. The Morgan fingerprint density at radius 1 is 1.50 bits per heavy atom. The number of hydrogen-bond acceptors (Lipinski definition) is 2. The van der Waals surface area contributed by atoms with Gasteiger partial charge in [-0.1, -0.05) is 6.42 Å². The summed E-state index contributed by atoms with van der Waals surface area (Å²) in [5.41, 5.74) is 5.89. The molecule has 0 aliphatic heterocycles. The standard InChI is InChI=1S/C9H15N3/c10-8-3-1-2-7(6-8)9-11-4-5-12-9/h4-5,7-8H,1-3,6,10H2,(H,11,12). The Morgan fingerprint density at radius 2 is 2.42 bits per heavy atom. The fourth-order valence-electron chi connectivity index (χ4n) is 1.98. The van der Waals surface area contributed by atoms with Crippen LogP contribution in [0.15, 0.2) is 12.4 Å². The molecule has 1 saturated carbocycles. The second-order valence-corrected chi connectivity index (χ2v) is 3.60. The van der Waals surface area contributed by atoms with Gasteiger partial charge < -0.3 is 10.7 Å². The van der Waals surface area contributed by atoms with E-state index in [1.807, 2.05) is 12.4 Å². The first-order valence-electron chi connectivity index (χ1n) is 4.61. The number of nitrogens with zero attached hydrogens (tertiary/aromatic N) is 1. The number of rotatable bonds is 1. The molecule has 66 valence electrons. The number of aromatic nitrogens is 2. The molecule has 2 rings (SSSR count). The van der Waals surface area contributed by atoms with Crippen LogP contribution in [0.3, 0.4) is 0 Å². The predicted molar refractivity (Wildman–Crippen MR) is 47.8 cm³/mol. The van der Waals surface area contributed by atoms with Crippen LogP contribution in [0.5, 0.6) is 0 Å². The second-order valence-electron chi connectivity index (χ2n) is 3.60. The molecule has 1 aromatic heterocycles. The van der Waals surface area contributed by atoms with Crippen LogP contribution in [0.2, 0.25) is 0 Å². The number of nitrogens with two attached hydrogens (primary N) is 1. The van der Waals surface area contributed by atoms with E-state index in [4.69, 9.17) is 5.73 Å². The van der Waals surface area contributed by atoms with Crippen molar-refractivity contribution in [1.82, 2.24) is 9.97 Å². The maximum Gasteiger partial charge on any atom is 0.109 e. The summed E-state index contributed by atoms with van der Waals surface area (Å²) in [6.07, 6.45) is 8.45. The lowest BCUT2D eigenvalue weighted by atomic mass is 9.86. The summed E-state index contributed by atoms with van der Waals surface area (Å²) in [4.78, 5) is 7.42. The summed E-state index contributed by atoms with van der Waals surface area (Å²) in [6, 6.07) is 0.383. The Morgan fingerprint density at radius 3 is 3.08 bits per heavy atom. The molecule has 2 unspecified atom stereocenters. The molecular weight excluding hydrogens is 150 g/mol. The largest absolute Gasteiger partial charge is 0.348 e. The fourth-order valence-corrected chi connectivity index (χ4v) is 1.98. The van der Waals surface area contributed by atoms with Crippen molar-refractivity contribution in [3.8, 4) is 0 Å². The highest BCUT2D eigenvalue weighted by Gasteiger charge is 2.21. The van der Waals surface area contributed by atoms with Crippen LogP contribution in [-0.4, -0.2) is 16.0 Å². The Bertz CT molecular complexity index is 230. The number of nitrogens with one attached hydrogen (secondary N) is 1. The van der Waals surface area contributed by atoms with Crippen LogP contribution in [0.1, 0.15) is 37.4 Å². The van der Waals surface area contributed by atoms with Crippen molar-refractivity contribution in [1.29, 1.82) is 0 Å². The minimum absolute atomic E-state index is 0.383. The molecule has 12 heavy (non-hydrogen) atoms. The van der Waals surface area contributed by atoms with Gasteiger partial charge in [0.05, 0.1) is 0 Å². The van der Waals surface area contributed by atoms with Gasteiger partial charge in [0.25, 0.3) is 0 Å². The molecule has 0 spiro atoms. The molecule has 1 aromatic rings. The van der Waals surface area contributed by atoms with E-state index in [1.54, 1.807) is 0 Å². The zero-order chi connectivity index (χ0) is 8.39. The molecule has 0 aromatic carbocycles. The van der Waals surface area contributed by atoms with Crippen molar-refractivity contribution >= 4 is 0 Å². The van der Waals surface area contributed by atoms with E-state index in [-0.39, 0.29) is 0 Å². The maximum absolute atomic E-state index is 5.89. The zero-order valence-electron chi connectivity index (χ0n) is 7.16. The Kier molecular flexibility index (Phi) is 2.13. The predicted octanol–water partition coefficient (Wildman–Crippen LogP) is 1.39. The van der Waals surface area contributed by atoms with Crippen LogP contribution in [0.25, 0.3) is 0 Å². The summed E-state index contributed by atoms with van der Waals surface area (Å²) >= 11 is 0. The lowest BCUT2D eigenvalue weighted by Crippen LogP contribution is -2.27. The van der Waals surface area contributed by atoms with E-state index in [1.165, 1.54) is 19.3 Å². The Hall–Kier alpha value is -0.830. The monoisotopic (exact) mass is 165 g/mol. The second kappa shape index (κ2) is 3.27. The van der Waals surface area contributed by atoms with Gasteiger partial charge in [0.2, 0.25) is 0 Å². The first-order chi connectivity index (χ1) is 5.86. The van der Waals surface area contributed by atoms with Crippen molar-refractivity contribution in [2.24, 2.45) is 5.73 Å². The van der Waals surface area contributed by atoms with E-state index in [0.717, 1.165) is 12.2 Å². The summed E-state index contributed by atoms with van der Waals surface area (Å²) in [6.45, 7) is 0. The molecule has 3 N–H and O–H groups in total. The number of imidazole rings is 1. The van der Waals surface area contributed by atoms with Crippen molar-refractivity contribution < 1.29 is 0 Å². The summed E-state index contributed by atoms with van der Waals surface area (Å²) < 4.78 is 0. The van der Waals surface area contributed by atoms with Crippen molar-refractivity contribution in [2.45, 2.75) is 37.6 Å². The topological polar surface area (TPSA) is 54.7 Å². The Labute approximate surface area is 72.4 Å². The fraction of sp³-hybridized carbons (Fsp3) is 0.667. The minimum atomic E-state index is 0.383. The SMILES string of the molecule is NC1CCCC(c2ncc[nH]2)C1. The lowest BCUT2D eigenvalue weighted by molar-refractivity contribution is 0.383. The average Bonchev–Trinajstić information content (AvgIpc) is 2.56. The average molecular weight is 165 g/mol. The molecule has 3 heteroatoms. The van der Waals surface area contributed by atoms with E-state index < -0.39 is 0 Å². The molecule has 2 atom stereocenters. The van der Waals surface area contributed by atoms with Gasteiger partial charge in [-0.3, -0.25) is 0 Å². The van der Waals surface area contributed by atoms with Crippen LogP contribution in [-0.2, 0) is 0 Å². The number of hydrogen-bond donors (Lipinski definition) is 2. The van der Waals surface area contributed by atoms with Gasteiger partial charge >= 0.3 is 0 Å². The van der Waals surface area contributed by atoms with Gasteiger partial charge in [-0.05, 0) is 19.3 Å².